The number of carbonyl (C=O) groups excluding carboxylic acids is 2. The minimum atomic E-state index is -0.0219. The summed E-state index contributed by atoms with van der Waals surface area (Å²) in [7, 11) is 0. The molecular formula is C44H90N4O6. The van der Waals surface area contributed by atoms with E-state index in [0.29, 0.717) is 78.4 Å². The van der Waals surface area contributed by atoms with Gasteiger partial charge in [0.2, 0.25) is 11.8 Å². The summed E-state index contributed by atoms with van der Waals surface area (Å²) in [5.74, 6) is -0.0439. The van der Waals surface area contributed by atoms with Crippen LogP contribution >= 0.6 is 0 Å². The molecule has 0 atom stereocenters. The predicted octanol–water partition coefficient (Wildman–Crippen LogP) is 8.02. The third-order valence-corrected chi connectivity index (χ3v) is 10.3. The number of hydrogen-bond acceptors (Lipinski definition) is 8. The molecular weight excluding hydrogens is 681 g/mol. The lowest BCUT2D eigenvalue weighted by Crippen LogP contribution is -2.41. The number of unbranched alkanes of at least 4 members (excludes halogenated alkanes) is 22. The van der Waals surface area contributed by atoms with Crippen LogP contribution in [-0.2, 0) is 19.1 Å². The molecule has 10 nitrogen and oxygen atoms in total. The van der Waals surface area contributed by atoms with Gasteiger partial charge in [-0.25, -0.2) is 0 Å². The SMILES string of the molecule is CCCCCCCCCCCCCCOCCNC(=O)CCN(CCC(=O)NCCOCCCCCCCCCCCCCC)CCN(CCO)CCO. The van der Waals surface area contributed by atoms with Crippen molar-refractivity contribution in [2.45, 2.75) is 181 Å². The molecule has 322 valence electrons. The van der Waals surface area contributed by atoms with Crippen molar-refractivity contribution < 1.29 is 29.3 Å². The van der Waals surface area contributed by atoms with Gasteiger partial charge in [-0.1, -0.05) is 155 Å². The molecule has 0 spiro atoms. The smallest absolute Gasteiger partial charge is 0.221 e. The number of amides is 2. The van der Waals surface area contributed by atoms with Crippen LogP contribution in [0.15, 0.2) is 0 Å². The van der Waals surface area contributed by atoms with E-state index < -0.39 is 0 Å². The van der Waals surface area contributed by atoms with Gasteiger partial charge in [0.15, 0.2) is 0 Å². The summed E-state index contributed by atoms with van der Waals surface area (Å²) in [6, 6.07) is 0. The molecule has 10 heteroatoms. The van der Waals surface area contributed by atoms with Crippen molar-refractivity contribution in [2.24, 2.45) is 0 Å². The van der Waals surface area contributed by atoms with Crippen LogP contribution in [0.25, 0.3) is 0 Å². The molecule has 0 saturated carbocycles. The standard InChI is InChI=1S/C44H90N4O6/c1-3-5-7-9-11-13-15-17-19-21-23-25-39-53-41-29-45-43(51)27-31-47(33-34-48(35-37-49)36-38-50)32-28-44(52)46-30-42-54-40-26-24-22-20-18-16-14-12-10-8-6-4-2/h49-50H,3-42H2,1-2H3,(H,45,51)(H,46,52). The van der Waals surface area contributed by atoms with Crippen LogP contribution in [0.2, 0.25) is 0 Å². The fourth-order valence-electron chi connectivity index (χ4n) is 6.75. The summed E-state index contributed by atoms with van der Waals surface area (Å²) in [5, 5.41) is 24.7. The van der Waals surface area contributed by atoms with E-state index in [4.69, 9.17) is 9.47 Å². The molecule has 54 heavy (non-hydrogen) atoms. The van der Waals surface area contributed by atoms with Gasteiger partial charge in [-0.15, -0.1) is 0 Å². The number of ether oxygens (including phenoxy) is 2. The second kappa shape index (κ2) is 44.4. The highest BCUT2D eigenvalue weighted by atomic mass is 16.5. The summed E-state index contributed by atoms with van der Waals surface area (Å²) in [6.45, 7) is 11.4. The van der Waals surface area contributed by atoms with Crippen molar-refractivity contribution in [2.75, 3.05) is 92.0 Å². The Morgan fingerprint density at radius 3 is 1.02 bits per heavy atom. The molecule has 2 amide bonds. The lowest BCUT2D eigenvalue weighted by molar-refractivity contribution is -0.121. The predicted molar refractivity (Wildman–Crippen MR) is 226 cm³/mol. The summed E-state index contributed by atoms with van der Waals surface area (Å²) in [4.78, 5) is 29.3. The average molecular weight is 771 g/mol. The number of rotatable bonds is 45. The zero-order valence-corrected chi connectivity index (χ0v) is 35.7. The number of hydrogen-bond donors (Lipinski definition) is 4. The molecule has 0 aromatic carbocycles. The number of aliphatic hydroxyl groups is 2. The molecule has 0 aromatic heterocycles. The lowest BCUT2D eigenvalue weighted by atomic mass is 10.1. The van der Waals surface area contributed by atoms with Gasteiger partial charge in [0.1, 0.15) is 0 Å². The summed E-state index contributed by atoms with van der Waals surface area (Å²) in [6.07, 6.45) is 32.4. The number of nitrogens with zero attached hydrogens (tertiary/aromatic N) is 2. The minimum Gasteiger partial charge on any atom is -0.395 e. The quantitative estimate of drug-likeness (QED) is 0.0460. The van der Waals surface area contributed by atoms with Crippen molar-refractivity contribution in [3.05, 3.63) is 0 Å². The topological polar surface area (TPSA) is 124 Å². The Labute approximate surface area is 333 Å². The van der Waals surface area contributed by atoms with Crippen LogP contribution in [0.1, 0.15) is 181 Å². The zero-order valence-electron chi connectivity index (χ0n) is 35.7. The van der Waals surface area contributed by atoms with Gasteiger partial charge >= 0.3 is 0 Å². The molecule has 0 unspecified atom stereocenters. The molecule has 0 fully saturated rings. The van der Waals surface area contributed by atoms with Crippen molar-refractivity contribution in [3.63, 3.8) is 0 Å². The van der Waals surface area contributed by atoms with Crippen LogP contribution in [0.5, 0.6) is 0 Å². The van der Waals surface area contributed by atoms with E-state index in [1.54, 1.807) is 0 Å². The highest BCUT2D eigenvalue weighted by Crippen LogP contribution is 2.13. The van der Waals surface area contributed by atoms with E-state index in [0.717, 1.165) is 26.1 Å². The van der Waals surface area contributed by atoms with Gasteiger partial charge < -0.3 is 35.2 Å². The zero-order chi connectivity index (χ0) is 39.4. The molecule has 0 saturated heterocycles. The molecule has 0 rings (SSSR count). The monoisotopic (exact) mass is 771 g/mol. The largest absolute Gasteiger partial charge is 0.395 e. The fourth-order valence-corrected chi connectivity index (χ4v) is 6.75. The Kier molecular flexibility index (Phi) is 43.3. The Balaban J connectivity index is 4.05. The Morgan fingerprint density at radius 1 is 0.407 bits per heavy atom. The first-order chi connectivity index (χ1) is 26.6. The molecule has 0 radical (unpaired) electrons. The first-order valence-electron chi connectivity index (χ1n) is 22.9. The second-order valence-corrected chi connectivity index (χ2v) is 15.3. The van der Waals surface area contributed by atoms with Crippen LogP contribution in [0, 0.1) is 0 Å². The number of carbonyl (C=O) groups is 2. The number of nitrogens with one attached hydrogen (secondary N) is 2. The number of aliphatic hydroxyl groups excluding tert-OH is 2. The van der Waals surface area contributed by atoms with E-state index >= 15 is 0 Å². The van der Waals surface area contributed by atoms with Crippen molar-refractivity contribution in [3.8, 4) is 0 Å². The van der Waals surface area contributed by atoms with Gasteiger partial charge in [0.05, 0.1) is 26.4 Å². The van der Waals surface area contributed by atoms with Gasteiger partial charge in [0, 0.05) is 78.4 Å². The minimum absolute atomic E-state index is 0.0214. The third-order valence-electron chi connectivity index (χ3n) is 10.3. The molecule has 0 heterocycles. The molecule has 0 aromatic rings. The van der Waals surface area contributed by atoms with Crippen LogP contribution in [-0.4, -0.2) is 124 Å². The normalized spacial score (nSPS) is 11.6. The van der Waals surface area contributed by atoms with Crippen molar-refractivity contribution >= 4 is 11.8 Å². The Hall–Kier alpha value is -1.30. The fraction of sp³-hybridized carbons (Fsp3) is 0.955. The van der Waals surface area contributed by atoms with E-state index in [1.165, 1.54) is 141 Å². The van der Waals surface area contributed by atoms with Crippen LogP contribution < -0.4 is 10.6 Å². The highest BCUT2D eigenvalue weighted by molar-refractivity contribution is 5.76. The maximum atomic E-state index is 12.6. The molecule has 4 N–H and O–H groups in total. The van der Waals surface area contributed by atoms with E-state index in [2.05, 4.69) is 29.4 Å². The molecule has 0 aliphatic carbocycles. The highest BCUT2D eigenvalue weighted by Gasteiger charge is 2.13. The van der Waals surface area contributed by atoms with Gasteiger partial charge in [-0.2, -0.15) is 0 Å². The maximum Gasteiger partial charge on any atom is 0.221 e. The van der Waals surface area contributed by atoms with E-state index in [-0.39, 0.29) is 25.0 Å². The second-order valence-electron chi connectivity index (χ2n) is 15.3. The Bertz CT molecular complexity index is 719. The summed E-state index contributed by atoms with van der Waals surface area (Å²) in [5.41, 5.74) is 0. The van der Waals surface area contributed by atoms with Crippen LogP contribution in [0.4, 0.5) is 0 Å². The van der Waals surface area contributed by atoms with Crippen molar-refractivity contribution in [1.29, 1.82) is 0 Å². The first kappa shape index (κ1) is 52.7. The van der Waals surface area contributed by atoms with E-state index in [1.807, 2.05) is 4.90 Å². The maximum absolute atomic E-state index is 12.6. The van der Waals surface area contributed by atoms with Gasteiger partial charge in [0.25, 0.3) is 0 Å². The molecule has 0 bridgehead atoms. The third kappa shape index (κ3) is 40.4. The molecule has 0 aliphatic heterocycles. The van der Waals surface area contributed by atoms with Gasteiger partial charge in [-0.3, -0.25) is 14.5 Å². The van der Waals surface area contributed by atoms with Crippen LogP contribution in [0.3, 0.4) is 0 Å². The van der Waals surface area contributed by atoms with Crippen molar-refractivity contribution in [1.82, 2.24) is 20.4 Å². The summed E-state index contributed by atoms with van der Waals surface area (Å²) < 4.78 is 11.5. The van der Waals surface area contributed by atoms with E-state index in [9.17, 15) is 19.8 Å². The Morgan fingerprint density at radius 2 is 0.704 bits per heavy atom. The van der Waals surface area contributed by atoms with Gasteiger partial charge in [-0.05, 0) is 12.8 Å². The average Bonchev–Trinajstić information content (AvgIpc) is 3.17. The molecule has 0 aliphatic rings. The first-order valence-corrected chi connectivity index (χ1v) is 22.9. The summed E-state index contributed by atoms with van der Waals surface area (Å²) >= 11 is 0. The lowest BCUT2D eigenvalue weighted by Gasteiger charge is -2.26.